The predicted molar refractivity (Wildman–Crippen MR) is 50.7 cm³/mol. The first kappa shape index (κ1) is 10.7. The second kappa shape index (κ2) is 4.77. The molecule has 72 valence electrons. The van der Waals surface area contributed by atoms with Crippen molar-refractivity contribution in [2.24, 2.45) is 0 Å². The summed E-state index contributed by atoms with van der Waals surface area (Å²) in [4.78, 5) is 0. The summed E-state index contributed by atoms with van der Waals surface area (Å²) >= 11 is 8.89. The maximum absolute atomic E-state index is 11.8. The Morgan fingerprint density at radius 2 is 2.15 bits per heavy atom. The first-order valence-corrected chi connectivity index (χ1v) is 4.92. The molecule has 1 aromatic rings. The van der Waals surface area contributed by atoms with E-state index in [9.17, 15) is 8.78 Å². The Morgan fingerprint density at radius 3 is 2.62 bits per heavy atom. The Balaban J connectivity index is 2.85. The molecule has 0 bridgehead atoms. The maximum atomic E-state index is 11.8. The number of hydrogen-bond donors (Lipinski definition) is 0. The Hall–Kier alpha value is -0.350. The van der Waals surface area contributed by atoms with Crippen molar-refractivity contribution >= 4 is 27.5 Å². The molecular weight excluding hydrogens is 265 g/mol. The molecule has 0 aliphatic rings. The fourth-order valence-corrected chi connectivity index (χ4v) is 1.42. The van der Waals surface area contributed by atoms with Gasteiger partial charge in [0, 0.05) is 5.33 Å². The fraction of sp³-hybridized carbons (Fsp3) is 0.250. The average Bonchev–Trinajstić information content (AvgIpc) is 2.08. The van der Waals surface area contributed by atoms with Crippen LogP contribution in [-0.2, 0) is 5.33 Å². The Labute approximate surface area is 87.8 Å². The topological polar surface area (TPSA) is 9.23 Å². The van der Waals surface area contributed by atoms with Gasteiger partial charge in [0.25, 0.3) is 0 Å². The van der Waals surface area contributed by atoms with Crippen LogP contribution >= 0.6 is 27.5 Å². The van der Waals surface area contributed by atoms with Crippen molar-refractivity contribution in [3.63, 3.8) is 0 Å². The standard InChI is InChI=1S/C8H6BrClF2O/c9-4-5-1-2-7(6(10)3-5)13-8(11)12/h1-3,8H,4H2. The molecule has 1 rings (SSSR count). The van der Waals surface area contributed by atoms with Gasteiger partial charge >= 0.3 is 6.61 Å². The molecule has 0 saturated heterocycles. The molecular formula is C8H6BrClF2O. The summed E-state index contributed by atoms with van der Waals surface area (Å²) in [6, 6.07) is 4.66. The molecule has 0 aliphatic carbocycles. The monoisotopic (exact) mass is 270 g/mol. The predicted octanol–water partition coefficient (Wildman–Crippen LogP) is 3.84. The molecule has 1 aromatic carbocycles. The second-order valence-corrected chi connectivity index (χ2v) is 3.24. The van der Waals surface area contributed by atoms with E-state index in [-0.39, 0.29) is 10.8 Å². The van der Waals surface area contributed by atoms with Gasteiger partial charge in [0.05, 0.1) is 5.02 Å². The Kier molecular flexibility index (Phi) is 3.93. The summed E-state index contributed by atoms with van der Waals surface area (Å²) in [7, 11) is 0. The lowest BCUT2D eigenvalue weighted by Gasteiger charge is -2.06. The molecule has 5 heteroatoms. The molecule has 0 spiro atoms. The highest BCUT2D eigenvalue weighted by Gasteiger charge is 2.08. The Morgan fingerprint density at radius 1 is 1.46 bits per heavy atom. The zero-order valence-electron chi connectivity index (χ0n) is 6.44. The lowest BCUT2D eigenvalue weighted by Crippen LogP contribution is -2.02. The molecule has 0 N–H and O–H groups in total. The van der Waals surface area contributed by atoms with Gasteiger partial charge < -0.3 is 4.74 Å². The molecule has 0 atom stereocenters. The van der Waals surface area contributed by atoms with Gasteiger partial charge in [-0.3, -0.25) is 0 Å². The van der Waals surface area contributed by atoms with Crippen LogP contribution in [0.1, 0.15) is 5.56 Å². The van der Waals surface area contributed by atoms with Crippen LogP contribution in [0.15, 0.2) is 18.2 Å². The quantitative estimate of drug-likeness (QED) is 0.759. The van der Waals surface area contributed by atoms with Crippen LogP contribution in [0.5, 0.6) is 5.75 Å². The lowest BCUT2D eigenvalue weighted by atomic mass is 10.2. The van der Waals surface area contributed by atoms with E-state index in [2.05, 4.69) is 20.7 Å². The van der Waals surface area contributed by atoms with Gasteiger partial charge in [-0.05, 0) is 17.7 Å². The SMILES string of the molecule is FC(F)Oc1ccc(CBr)cc1Cl. The summed E-state index contributed by atoms with van der Waals surface area (Å²) in [5, 5.41) is 0.819. The highest BCUT2D eigenvalue weighted by atomic mass is 79.9. The molecule has 0 heterocycles. The largest absolute Gasteiger partial charge is 0.433 e. The third kappa shape index (κ3) is 3.12. The highest BCUT2D eigenvalue weighted by Crippen LogP contribution is 2.27. The van der Waals surface area contributed by atoms with E-state index in [1.165, 1.54) is 6.07 Å². The molecule has 1 nitrogen and oxygen atoms in total. The van der Waals surface area contributed by atoms with Gasteiger partial charge in [-0.2, -0.15) is 8.78 Å². The molecule has 13 heavy (non-hydrogen) atoms. The summed E-state index contributed by atoms with van der Waals surface area (Å²) in [5.74, 6) is 0.00127. The number of rotatable bonds is 3. The fourth-order valence-electron chi connectivity index (χ4n) is 0.819. The summed E-state index contributed by atoms with van der Waals surface area (Å²) in [6.07, 6.45) is 0. The van der Waals surface area contributed by atoms with Crippen molar-refractivity contribution in [3.05, 3.63) is 28.8 Å². The minimum atomic E-state index is -2.84. The van der Waals surface area contributed by atoms with E-state index in [0.29, 0.717) is 5.33 Å². The number of ether oxygens (including phenoxy) is 1. The summed E-state index contributed by atoms with van der Waals surface area (Å²) < 4.78 is 27.7. The third-order valence-corrected chi connectivity index (χ3v) is 2.31. The number of hydrogen-bond acceptors (Lipinski definition) is 1. The van der Waals surface area contributed by atoms with E-state index in [0.717, 1.165) is 5.56 Å². The smallest absolute Gasteiger partial charge is 0.387 e. The Bertz CT molecular complexity index is 293. The van der Waals surface area contributed by atoms with Gasteiger partial charge in [-0.1, -0.05) is 33.6 Å². The maximum Gasteiger partial charge on any atom is 0.387 e. The van der Waals surface area contributed by atoms with Crippen molar-refractivity contribution < 1.29 is 13.5 Å². The minimum absolute atomic E-state index is 0.00127. The van der Waals surface area contributed by atoms with Crippen molar-refractivity contribution in [1.82, 2.24) is 0 Å². The van der Waals surface area contributed by atoms with E-state index in [1.54, 1.807) is 12.1 Å². The molecule has 0 unspecified atom stereocenters. The van der Waals surface area contributed by atoms with Crippen LogP contribution in [0.4, 0.5) is 8.78 Å². The van der Waals surface area contributed by atoms with Crippen LogP contribution in [-0.4, -0.2) is 6.61 Å². The van der Waals surface area contributed by atoms with Gasteiger partial charge in [-0.25, -0.2) is 0 Å². The van der Waals surface area contributed by atoms with Gasteiger partial charge in [-0.15, -0.1) is 0 Å². The van der Waals surface area contributed by atoms with E-state index in [1.807, 2.05) is 0 Å². The van der Waals surface area contributed by atoms with Crippen LogP contribution in [0, 0.1) is 0 Å². The normalized spacial score (nSPS) is 10.5. The summed E-state index contributed by atoms with van der Waals surface area (Å²) in [6.45, 7) is -2.84. The van der Waals surface area contributed by atoms with Crippen molar-refractivity contribution in [3.8, 4) is 5.75 Å². The van der Waals surface area contributed by atoms with Crippen molar-refractivity contribution in [2.45, 2.75) is 11.9 Å². The van der Waals surface area contributed by atoms with Gasteiger partial charge in [0.2, 0.25) is 0 Å². The molecule has 0 aliphatic heterocycles. The summed E-state index contributed by atoms with van der Waals surface area (Å²) in [5.41, 5.74) is 0.909. The van der Waals surface area contributed by atoms with Crippen LogP contribution < -0.4 is 4.74 Å². The minimum Gasteiger partial charge on any atom is -0.433 e. The average molecular weight is 271 g/mol. The van der Waals surface area contributed by atoms with Gasteiger partial charge in [0.1, 0.15) is 5.75 Å². The van der Waals surface area contributed by atoms with Gasteiger partial charge in [0.15, 0.2) is 0 Å². The second-order valence-electron chi connectivity index (χ2n) is 2.28. The number of benzene rings is 1. The first-order valence-electron chi connectivity index (χ1n) is 3.42. The van der Waals surface area contributed by atoms with Crippen LogP contribution in [0.25, 0.3) is 0 Å². The van der Waals surface area contributed by atoms with E-state index < -0.39 is 6.61 Å². The first-order chi connectivity index (χ1) is 6.13. The van der Waals surface area contributed by atoms with Crippen LogP contribution in [0.3, 0.4) is 0 Å². The lowest BCUT2D eigenvalue weighted by molar-refractivity contribution is -0.0497. The van der Waals surface area contributed by atoms with Crippen molar-refractivity contribution in [1.29, 1.82) is 0 Å². The molecule has 0 amide bonds. The van der Waals surface area contributed by atoms with E-state index >= 15 is 0 Å². The molecule has 0 saturated carbocycles. The number of alkyl halides is 3. The zero-order chi connectivity index (χ0) is 9.84. The molecule has 0 aromatic heterocycles. The number of halogens is 4. The third-order valence-electron chi connectivity index (χ3n) is 1.37. The van der Waals surface area contributed by atoms with Crippen molar-refractivity contribution in [2.75, 3.05) is 0 Å². The highest BCUT2D eigenvalue weighted by molar-refractivity contribution is 9.08. The zero-order valence-corrected chi connectivity index (χ0v) is 8.78. The van der Waals surface area contributed by atoms with E-state index in [4.69, 9.17) is 11.6 Å². The molecule has 0 fully saturated rings. The van der Waals surface area contributed by atoms with Crippen LogP contribution in [0.2, 0.25) is 5.02 Å². The molecule has 0 radical (unpaired) electrons.